The lowest BCUT2D eigenvalue weighted by Crippen LogP contribution is -2.36. The third-order valence-corrected chi connectivity index (χ3v) is 8.22. The minimum atomic E-state index is -3.75. The summed E-state index contributed by atoms with van der Waals surface area (Å²) in [6.07, 6.45) is 0. The number of hydrogen-bond acceptors (Lipinski definition) is 3. The number of carbonyl (C=O) groups excluding carboxylic acids is 1. The number of benzene rings is 4. The molecule has 5 nitrogen and oxygen atoms in total. The highest BCUT2D eigenvalue weighted by molar-refractivity contribution is 7.89. The molecule has 0 aromatic heterocycles. The largest absolute Gasteiger partial charge is 0.330 e. The average molecular weight is 513 g/mol. The van der Waals surface area contributed by atoms with E-state index >= 15 is 0 Å². The molecule has 0 N–H and O–H groups in total. The molecule has 0 saturated carbocycles. The van der Waals surface area contributed by atoms with E-state index in [0.29, 0.717) is 18.7 Å². The van der Waals surface area contributed by atoms with Crippen molar-refractivity contribution in [3.8, 4) is 0 Å². The predicted octanol–water partition coefficient (Wildman–Crippen LogP) is 6.13. The van der Waals surface area contributed by atoms with Crippen LogP contribution >= 0.6 is 0 Å². The molecule has 0 unspecified atom stereocenters. The van der Waals surface area contributed by atoms with Crippen LogP contribution in [0.5, 0.6) is 0 Å². The van der Waals surface area contributed by atoms with Crippen molar-refractivity contribution in [3.63, 3.8) is 0 Å². The second-order valence-electron chi connectivity index (χ2n) is 9.29. The highest BCUT2D eigenvalue weighted by atomic mass is 32.2. The fraction of sp³-hybridized carbons (Fsp3) is 0.194. The molecular weight excluding hydrogens is 480 g/mol. The Morgan fingerprint density at radius 2 is 1.03 bits per heavy atom. The summed E-state index contributed by atoms with van der Waals surface area (Å²) in [7, 11) is -3.75. The third kappa shape index (κ3) is 6.73. The highest BCUT2D eigenvalue weighted by Crippen LogP contribution is 2.23. The van der Waals surface area contributed by atoms with Gasteiger partial charge >= 0.3 is 0 Å². The Balaban J connectivity index is 1.57. The normalized spacial score (nSPS) is 11.6. The van der Waals surface area contributed by atoms with E-state index in [9.17, 15) is 13.2 Å². The van der Waals surface area contributed by atoms with Crippen molar-refractivity contribution >= 4 is 15.9 Å². The van der Waals surface area contributed by atoms with Gasteiger partial charge in [0, 0.05) is 31.2 Å². The van der Waals surface area contributed by atoms with Gasteiger partial charge in [0.2, 0.25) is 10.0 Å². The molecule has 4 aromatic carbocycles. The van der Waals surface area contributed by atoms with Gasteiger partial charge < -0.3 is 4.90 Å². The Morgan fingerprint density at radius 3 is 1.43 bits per heavy atom. The molecule has 1 amide bonds. The van der Waals surface area contributed by atoms with Crippen LogP contribution in [0.15, 0.2) is 120 Å². The van der Waals surface area contributed by atoms with Crippen molar-refractivity contribution in [3.05, 3.63) is 138 Å². The van der Waals surface area contributed by atoms with Gasteiger partial charge in [0.05, 0.1) is 4.90 Å². The molecule has 4 rings (SSSR count). The van der Waals surface area contributed by atoms with Gasteiger partial charge in [0.1, 0.15) is 0 Å². The first-order chi connectivity index (χ1) is 17.8. The van der Waals surface area contributed by atoms with Crippen LogP contribution in [0.25, 0.3) is 0 Å². The van der Waals surface area contributed by atoms with Crippen LogP contribution in [-0.4, -0.2) is 29.6 Å². The molecule has 0 aliphatic carbocycles. The van der Waals surface area contributed by atoms with Gasteiger partial charge in [-0.1, -0.05) is 91.0 Å². The molecule has 0 bridgehead atoms. The van der Waals surface area contributed by atoms with Crippen molar-refractivity contribution in [1.29, 1.82) is 0 Å². The fourth-order valence-corrected chi connectivity index (χ4v) is 5.83. The summed E-state index contributed by atoms with van der Waals surface area (Å²) in [4.78, 5) is 15.5. The Morgan fingerprint density at radius 1 is 0.622 bits per heavy atom. The average Bonchev–Trinajstić information content (AvgIpc) is 2.92. The van der Waals surface area contributed by atoms with Gasteiger partial charge in [-0.15, -0.1) is 0 Å². The van der Waals surface area contributed by atoms with Crippen LogP contribution in [0.3, 0.4) is 0 Å². The standard InChI is InChI=1S/C31H32N2O3S/c1-25(2)33(24-28-16-10-5-11-17-28)37(35,36)30-20-18-29(19-21-30)31(34)32(22-26-12-6-3-7-13-26)23-27-14-8-4-9-15-27/h3-21,25H,22-24H2,1-2H3. The van der Waals surface area contributed by atoms with Gasteiger partial charge in [0.15, 0.2) is 0 Å². The van der Waals surface area contributed by atoms with Crippen LogP contribution in [0.4, 0.5) is 0 Å². The van der Waals surface area contributed by atoms with Crippen molar-refractivity contribution in [1.82, 2.24) is 9.21 Å². The number of sulfonamides is 1. The Hall–Kier alpha value is -3.74. The summed E-state index contributed by atoms with van der Waals surface area (Å²) >= 11 is 0. The first-order valence-corrected chi connectivity index (χ1v) is 13.8. The van der Waals surface area contributed by atoms with Gasteiger partial charge in [-0.2, -0.15) is 4.31 Å². The fourth-order valence-electron chi connectivity index (χ4n) is 4.20. The quantitative estimate of drug-likeness (QED) is 0.257. The summed E-state index contributed by atoms with van der Waals surface area (Å²) in [6, 6.07) is 35.3. The number of rotatable bonds is 10. The molecule has 0 radical (unpaired) electrons. The van der Waals surface area contributed by atoms with E-state index in [1.165, 1.54) is 16.4 Å². The molecule has 37 heavy (non-hydrogen) atoms. The number of amides is 1. The smallest absolute Gasteiger partial charge is 0.254 e. The molecular formula is C31H32N2O3S. The molecule has 190 valence electrons. The second-order valence-corrected chi connectivity index (χ2v) is 11.2. The molecule has 6 heteroatoms. The first kappa shape index (κ1) is 26.3. The zero-order chi connectivity index (χ0) is 26.3. The molecule has 0 atom stereocenters. The van der Waals surface area contributed by atoms with Crippen LogP contribution in [0.1, 0.15) is 40.9 Å². The van der Waals surface area contributed by atoms with Crippen LogP contribution in [0, 0.1) is 0 Å². The van der Waals surface area contributed by atoms with Crippen molar-refractivity contribution in [2.24, 2.45) is 0 Å². The summed E-state index contributed by atoms with van der Waals surface area (Å²) in [5.41, 5.74) is 3.42. The van der Waals surface area contributed by atoms with Gasteiger partial charge in [-0.05, 0) is 54.8 Å². The lowest BCUT2D eigenvalue weighted by Gasteiger charge is -2.26. The molecule has 0 aliphatic rings. The molecule has 0 spiro atoms. The van der Waals surface area contributed by atoms with Crippen LogP contribution in [0.2, 0.25) is 0 Å². The van der Waals surface area contributed by atoms with Crippen molar-refractivity contribution in [2.45, 2.75) is 44.4 Å². The van der Waals surface area contributed by atoms with E-state index in [1.54, 1.807) is 17.0 Å². The topological polar surface area (TPSA) is 57.7 Å². The van der Waals surface area contributed by atoms with Crippen LogP contribution < -0.4 is 0 Å². The lowest BCUT2D eigenvalue weighted by atomic mass is 10.1. The van der Waals surface area contributed by atoms with E-state index in [4.69, 9.17) is 0 Å². The Bertz CT molecular complexity index is 1350. The number of hydrogen-bond donors (Lipinski definition) is 0. The summed E-state index contributed by atoms with van der Waals surface area (Å²) in [5, 5.41) is 0. The monoisotopic (exact) mass is 512 g/mol. The zero-order valence-electron chi connectivity index (χ0n) is 21.2. The van der Waals surface area contributed by atoms with E-state index < -0.39 is 10.0 Å². The second kappa shape index (κ2) is 12.0. The van der Waals surface area contributed by atoms with Gasteiger partial charge in [-0.3, -0.25) is 4.79 Å². The van der Waals surface area contributed by atoms with Gasteiger partial charge in [0.25, 0.3) is 5.91 Å². The van der Waals surface area contributed by atoms with E-state index in [1.807, 2.05) is 105 Å². The molecule has 4 aromatic rings. The highest BCUT2D eigenvalue weighted by Gasteiger charge is 2.27. The summed E-state index contributed by atoms with van der Waals surface area (Å²) in [6.45, 7) is 4.91. The van der Waals surface area contributed by atoms with E-state index in [2.05, 4.69) is 0 Å². The Labute approximate surface area is 220 Å². The maximum Gasteiger partial charge on any atom is 0.254 e. The maximum absolute atomic E-state index is 13.6. The van der Waals surface area contributed by atoms with Crippen LogP contribution in [-0.2, 0) is 29.7 Å². The minimum absolute atomic E-state index is 0.151. The zero-order valence-corrected chi connectivity index (χ0v) is 22.0. The van der Waals surface area contributed by atoms with E-state index in [0.717, 1.165) is 16.7 Å². The SMILES string of the molecule is CC(C)N(Cc1ccccc1)S(=O)(=O)c1ccc(C(=O)N(Cc2ccccc2)Cc2ccccc2)cc1. The lowest BCUT2D eigenvalue weighted by molar-refractivity contribution is 0.0730. The summed E-state index contributed by atoms with van der Waals surface area (Å²) in [5.74, 6) is -0.151. The predicted molar refractivity (Wildman–Crippen MR) is 147 cm³/mol. The summed E-state index contributed by atoms with van der Waals surface area (Å²) < 4.78 is 28.5. The van der Waals surface area contributed by atoms with Crippen molar-refractivity contribution < 1.29 is 13.2 Å². The molecule has 0 aliphatic heterocycles. The minimum Gasteiger partial charge on any atom is -0.330 e. The third-order valence-electron chi connectivity index (χ3n) is 6.18. The number of carbonyl (C=O) groups is 1. The van der Waals surface area contributed by atoms with Crippen molar-refractivity contribution in [2.75, 3.05) is 0 Å². The molecule has 0 saturated heterocycles. The number of nitrogens with zero attached hydrogens (tertiary/aromatic N) is 2. The van der Waals surface area contributed by atoms with E-state index in [-0.39, 0.29) is 23.4 Å². The van der Waals surface area contributed by atoms with Gasteiger partial charge in [-0.25, -0.2) is 8.42 Å². The molecule has 0 fully saturated rings. The maximum atomic E-state index is 13.6. The first-order valence-electron chi connectivity index (χ1n) is 12.4. The Kier molecular flexibility index (Phi) is 8.54. The molecule has 0 heterocycles.